The van der Waals surface area contributed by atoms with Crippen molar-refractivity contribution in [1.82, 2.24) is 9.97 Å². The summed E-state index contributed by atoms with van der Waals surface area (Å²) in [7, 11) is 0. The van der Waals surface area contributed by atoms with Gasteiger partial charge in [-0.3, -0.25) is 4.79 Å². The molecule has 0 atom stereocenters. The average Bonchev–Trinajstić information content (AvgIpc) is 2.64. The van der Waals surface area contributed by atoms with Crippen molar-refractivity contribution >= 4 is 38.1 Å². The van der Waals surface area contributed by atoms with E-state index in [1.165, 1.54) is 0 Å². The minimum Gasteiger partial charge on any atom is -0.330 e. The summed E-state index contributed by atoms with van der Waals surface area (Å²) in [5.74, 6) is -0.256. The van der Waals surface area contributed by atoms with Crippen LogP contribution in [0.1, 0.15) is 10.6 Å². The van der Waals surface area contributed by atoms with Gasteiger partial charge in [-0.25, -0.2) is 9.37 Å². The SMILES string of the molecule is O=Cc1nc(-c2cccc(Br)c2F)c(Br)[nH]1. The molecule has 1 heterocycles. The first-order valence-electron chi connectivity index (χ1n) is 4.28. The zero-order chi connectivity index (χ0) is 11.7. The van der Waals surface area contributed by atoms with Crippen LogP contribution in [0, 0.1) is 5.82 Å². The van der Waals surface area contributed by atoms with Crippen LogP contribution in [0.25, 0.3) is 11.3 Å². The number of imidazole rings is 1. The normalized spacial score (nSPS) is 10.4. The van der Waals surface area contributed by atoms with Crippen LogP contribution in [0.15, 0.2) is 27.3 Å². The van der Waals surface area contributed by atoms with Crippen LogP contribution < -0.4 is 0 Å². The number of nitrogens with one attached hydrogen (secondary N) is 1. The number of aldehydes is 1. The lowest BCUT2D eigenvalue weighted by atomic mass is 10.1. The van der Waals surface area contributed by atoms with E-state index in [1.807, 2.05) is 0 Å². The molecule has 0 amide bonds. The van der Waals surface area contributed by atoms with Crippen molar-refractivity contribution in [1.29, 1.82) is 0 Å². The van der Waals surface area contributed by atoms with Crippen molar-refractivity contribution in [3.05, 3.63) is 38.9 Å². The Morgan fingerprint density at radius 2 is 2.12 bits per heavy atom. The standard InChI is InChI=1S/C10H5Br2FN2O/c11-6-3-1-2-5(8(6)13)9-10(12)15-7(4-16)14-9/h1-4H,(H,14,15). The fraction of sp³-hybridized carbons (Fsp3) is 0. The van der Waals surface area contributed by atoms with E-state index in [1.54, 1.807) is 18.2 Å². The predicted octanol–water partition coefficient (Wildman–Crippen LogP) is 3.55. The zero-order valence-corrected chi connectivity index (χ0v) is 11.0. The summed E-state index contributed by atoms with van der Waals surface area (Å²) in [6.45, 7) is 0. The van der Waals surface area contributed by atoms with Crippen LogP contribution in [-0.2, 0) is 0 Å². The number of benzene rings is 1. The van der Waals surface area contributed by atoms with Gasteiger partial charge in [-0.1, -0.05) is 6.07 Å². The van der Waals surface area contributed by atoms with Gasteiger partial charge in [0.15, 0.2) is 12.1 Å². The smallest absolute Gasteiger partial charge is 0.185 e. The molecular formula is C10H5Br2FN2O. The van der Waals surface area contributed by atoms with Crippen molar-refractivity contribution in [2.75, 3.05) is 0 Å². The first-order valence-corrected chi connectivity index (χ1v) is 5.87. The Morgan fingerprint density at radius 1 is 1.38 bits per heavy atom. The first kappa shape index (κ1) is 11.5. The monoisotopic (exact) mass is 346 g/mol. The van der Waals surface area contributed by atoms with Gasteiger partial charge >= 0.3 is 0 Å². The molecule has 2 rings (SSSR count). The third kappa shape index (κ3) is 1.94. The molecule has 0 bridgehead atoms. The van der Waals surface area contributed by atoms with Crippen LogP contribution in [0.2, 0.25) is 0 Å². The molecule has 0 saturated heterocycles. The third-order valence-corrected chi connectivity index (χ3v) is 3.18. The highest BCUT2D eigenvalue weighted by atomic mass is 79.9. The number of hydrogen-bond acceptors (Lipinski definition) is 2. The van der Waals surface area contributed by atoms with Gasteiger partial charge in [0, 0.05) is 5.56 Å². The molecule has 16 heavy (non-hydrogen) atoms. The van der Waals surface area contributed by atoms with Crippen molar-refractivity contribution < 1.29 is 9.18 Å². The van der Waals surface area contributed by atoms with E-state index in [4.69, 9.17) is 0 Å². The summed E-state index contributed by atoms with van der Waals surface area (Å²) < 4.78 is 14.6. The summed E-state index contributed by atoms with van der Waals surface area (Å²) in [5, 5.41) is 0. The number of H-pyrrole nitrogens is 1. The molecule has 0 fully saturated rings. The number of aromatic nitrogens is 2. The van der Waals surface area contributed by atoms with Gasteiger partial charge in [-0.05, 0) is 44.0 Å². The van der Waals surface area contributed by atoms with Gasteiger partial charge in [0.05, 0.1) is 4.47 Å². The Labute approximate surface area is 107 Å². The molecule has 0 radical (unpaired) electrons. The number of rotatable bonds is 2. The van der Waals surface area contributed by atoms with E-state index >= 15 is 0 Å². The van der Waals surface area contributed by atoms with Crippen LogP contribution >= 0.6 is 31.9 Å². The number of nitrogens with zero attached hydrogens (tertiary/aromatic N) is 1. The van der Waals surface area contributed by atoms with Gasteiger partial charge < -0.3 is 4.98 Å². The average molecular weight is 348 g/mol. The van der Waals surface area contributed by atoms with Crippen LogP contribution in [-0.4, -0.2) is 16.3 Å². The number of carbonyl (C=O) groups excluding carboxylic acids is 1. The van der Waals surface area contributed by atoms with E-state index in [-0.39, 0.29) is 5.82 Å². The number of carbonyl (C=O) groups is 1. The molecule has 0 aliphatic carbocycles. The molecule has 6 heteroatoms. The fourth-order valence-corrected chi connectivity index (χ4v) is 2.16. The van der Waals surface area contributed by atoms with Crippen molar-refractivity contribution in [2.45, 2.75) is 0 Å². The van der Waals surface area contributed by atoms with E-state index in [0.29, 0.717) is 26.6 Å². The van der Waals surface area contributed by atoms with Crippen molar-refractivity contribution in [3.8, 4) is 11.3 Å². The second-order valence-corrected chi connectivity index (χ2v) is 4.65. The first-order chi connectivity index (χ1) is 7.63. The van der Waals surface area contributed by atoms with Crippen LogP contribution in [0.3, 0.4) is 0 Å². The Kier molecular flexibility index (Phi) is 3.20. The molecule has 1 aromatic heterocycles. The van der Waals surface area contributed by atoms with E-state index in [0.717, 1.165) is 0 Å². The zero-order valence-electron chi connectivity index (χ0n) is 7.80. The maximum Gasteiger partial charge on any atom is 0.185 e. The fourth-order valence-electron chi connectivity index (χ4n) is 1.29. The van der Waals surface area contributed by atoms with Crippen LogP contribution in [0.5, 0.6) is 0 Å². The van der Waals surface area contributed by atoms with Gasteiger partial charge in [0.1, 0.15) is 16.1 Å². The Bertz CT molecular complexity index is 554. The lowest BCUT2D eigenvalue weighted by Gasteiger charge is -2.01. The van der Waals surface area contributed by atoms with E-state index in [2.05, 4.69) is 41.8 Å². The van der Waals surface area contributed by atoms with Crippen molar-refractivity contribution in [2.24, 2.45) is 0 Å². The quantitative estimate of drug-likeness (QED) is 0.844. The maximum atomic E-state index is 13.8. The van der Waals surface area contributed by atoms with Gasteiger partial charge in [-0.2, -0.15) is 0 Å². The lowest BCUT2D eigenvalue weighted by Crippen LogP contribution is -1.87. The Hall–Kier alpha value is -1.01. The largest absolute Gasteiger partial charge is 0.330 e. The summed E-state index contributed by atoms with van der Waals surface area (Å²) in [6, 6.07) is 4.89. The minimum absolute atomic E-state index is 0.154. The van der Waals surface area contributed by atoms with E-state index in [9.17, 15) is 9.18 Å². The highest BCUT2D eigenvalue weighted by Crippen LogP contribution is 2.31. The number of halogens is 3. The molecule has 0 saturated carbocycles. The topological polar surface area (TPSA) is 45.8 Å². The second kappa shape index (κ2) is 4.47. The number of aromatic amines is 1. The Balaban J connectivity index is 2.62. The molecule has 3 nitrogen and oxygen atoms in total. The Morgan fingerprint density at radius 3 is 2.75 bits per heavy atom. The summed E-state index contributed by atoms with van der Waals surface area (Å²) >= 11 is 6.29. The highest BCUT2D eigenvalue weighted by Gasteiger charge is 2.15. The molecule has 82 valence electrons. The molecule has 2 aromatic rings. The van der Waals surface area contributed by atoms with Gasteiger partial charge in [0.25, 0.3) is 0 Å². The third-order valence-electron chi connectivity index (χ3n) is 2.00. The molecule has 0 unspecified atom stereocenters. The summed E-state index contributed by atoms with van der Waals surface area (Å²) in [4.78, 5) is 17.2. The molecular weight excluding hydrogens is 343 g/mol. The van der Waals surface area contributed by atoms with Crippen LogP contribution in [0.4, 0.5) is 4.39 Å². The van der Waals surface area contributed by atoms with Gasteiger partial charge in [-0.15, -0.1) is 0 Å². The maximum absolute atomic E-state index is 13.8. The van der Waals surface area contributed by atoms with Gasteiger partial charge in [0.2, 0.25) is 0 Å². The van der Waals surface area contributed by atoms with E-state index < -0.39 is 5.82 Å². The summed E-state index contributed by atoms with van der Waals surface area (Å²) in [5.41, 5.74) is 0.700. The molecule has 0 spiro atoms. The predicted molar refractivity (Wildman–Crippen MR) is 64.8 cm³/mol. The molecule has 1 aromatic carbocycles. The lowest BCUT2D eigenvalue weighted by molar-refractivity contribution is 0.111. The molecule has 0 aliphatic heterocycles. The second-order valence-electron chi connectivity index (χ2n) is 3.00. The van der Waals surface area contributed by atoms with Crippen molar-refractivity contribution in [3.63, 3.8) is 0 Å². The summed E-state index contributed by atoms with van der Waals surface area (Å²) in [6.07, 6.45) is 0.574. The number of hydrogen-bond donors (Lipinski definition) is 1. The molecule has 0 aliphatic rings. The highest BCUT2D eigenvalue weighted by molar-refractivity contribution is 9.10. The molecule has 1 N–H and O–H groups in total. The minimum atomic E-state index is -0.410.